The van der Waals surface area contributed by atoms with Crippen LogP contribution in [0.15, 0.2) is 50.9 Å². The molecular weight excluding hydrogens is 402 g/mol. The first-order valence-electron chi connectivity index (χ1n) is 9.68. The molecule has 4 heteroatoms. The van der Waals surface area contributed by atoms with Gasteiger partial charge in [-0.3, -0.25) is 9.36 Å². The van der Waals surface area contributed by atoms with Crippen molar-refractivity contribution in [2.24, 2.45) is 5.92 Å². The number of pyridine rings is 1. The number of aliphatic hydroxyl groups excluding tert-OH is 1. The van der Waals surface area contributed by atoms with Crippen LogP contribution in [0.4, 0.5) is 0 Å². The monoisotopic (exact) mass is 425 g/mol. The van der Waals surface area contributed by atoms with Crippen LogP contribution in [0.3, 0.4) is 0 Å². The van der Waals surface area contributed by atoms with E-state index in [0.717, 1.165) is 45.4 Å². The molecule has 1 saturated carbocycles. The average molecular weight is 426 g/mol. The quantitative estimate of drug-likeness (QED) is 0.795. The third kappa shape index (κ3) is 3.48. The Morgan fingerprint density at radius 3 is 2.78 bits per heavy atom. The molecule has 2 aromatic rings. The van der Waals surface area contributed by atoms with Crippen LogP contribution in [-0.4, -0.2) is 9.67 Å². The molecule has 140 valence electrons. The number of nitrogens with zero attached hydrogens (tertiary/aromatic N) is 1. The number of allylic oxidation sites excluding steroid dienone is 2. The van der Waals surface area contributed by atoms with E-state index in [-0.39, 0.29) is 12.2 Å². The van der Waals surface area contributed by atoms with E-state index in [0.29, 0.717) is 5.92 Å². The largest absolute Gasteiger partial charge is 0.392 e. The second-order valence-corrected chi connectivity index (χ2v) is 8.25. The summed E-state index contributed by atoms with van der Waals surface area (Å²) in [5.41, 5.74) is 4.37. The molecule has 0 amide bonds. The second kappa shape index (κ2) is 7.61. The first-order valence-corrected chi connectivity index (χ1v) is 10.5. The highest BCUT2D eigenvalue weighted by atomic mass is 79.9. The molecule has 1 aromatic carbocycles. The Morgan fingerprint density at radius 2 is 2.07 bits per heavy atom. The Labute approximate surface area is 167 Å². The summed E-state index contributed by atoms with van der Waals surface area (Å²) in [4.78, 5) is 13.3. The van der Waals surface area contributed by atoms with E-state index < -0.39 is 0 Å². The third-order valence-corrected chi connectivity index (χ3v) is 6.26. The summed E-state index contributed by atoms with van der Waals surface area (Å²) in [6.45, 7) is 2.09. The number of aromatic nitrogens is 1. The number of rotatable bonds is 5. The van der Waals surface area contributed by atoms with Crippen molar-refractivity contribution in [2.45, 2.75) is 45.6 Å². The zero-order chi connectivity index (χ0) is 19.0. The van der Waals surface area contributed by atoms with E-state index in [1.807, 2.05) is 30.5 Å². The van der Waals surface area contributed by atoms with Gasteiger partial charge in [-0.15, -0.1) is 0 Å². The zero-order valence-electron chi connectivity index (χ0n) is 15.5. The van der Waals surface area contributed by atoms with Crippen LogP contribution in [0.5, 0.6) is 0 Å². The van der Waals surface area contributed by atoms with Crippen molar-refractivity contribution >= 4 is 28.1 Å². The number of hydrogen-bond donors (Lipinski definition) is 1. The van der Waals surface area contributed by atoms with Crippen LogP contribution in [-0.2, 0) is 6.61 Å². The molecule has 0 spiro atoms. The lowest BCUT2D eigenvalue weighted by molar-refractivity contribution is 0.280. The van der Waals surface area contributed by atoms with Gasteiger partial charge in [-0.1, -0.05) is 53.1 Å². The molecule has 0 saturated heterocycles. The molecule has 1 aromatic heterocycles. The number of aliphatic hydroxyl groups is 1. The van der Waals surface area contributed by atoms with Crippen molar-refractivity contribution < 1.29 is 5.11 Å². The second-order valence-electron chi connectivity index (χ2n) is 7.39. The molecule has 0 atom stereocenters. The van der Waals surface area contributed by atoms with E-state index in [9.17, 15) is 9.90 Å². The molecule has 2 aliphatic rings. The highest BCUT2D eigenvalue weighted by Crippen LogP contribution is 2.40. The average Bonchev–Trinajstić information content (AvgIpc) is 3.49. The smallest absolute Gasteiger partial charge is 0.262 e. The number of halogens is 1. The van der Waals surface area contributed by atoms with Gasteiger partial charge in [0.05, 0.1) is 12.3 Å². The summed E-state index contributed by atoms with van der Waals surface area (Å²) < 4.78 is 2.46. The zero-order valence-corrected chi connectivity index (χ0v) is 17.1. The summed E-state index contributed by atoms with van der Waals surface area (Å²) in [6.07, 6.45) is 11.8. The van der Waals surface area contributed by atoms with Crippen LogP contribution in [0, 0.1) is 5.92 Å². The highest BCUT2D eigenvalue weighted by molar-refractivity contribution is 9.10. The molecule has 2 aliphatic carbocycles. The van der Waals surface area contributed by atoms with E-state index in [4.69, 9.17) is 0 Å². The topological polar surface area (TPSA) is 42.2 Å². The van der Waals surface area contributed by atoms with Crippen LogP contribution < -0.4 is 16.0 Å². The van der Waals surface area contributed by atoms with Crippen LogP contribution >= 0.6 is 15.9 Å². The molecule has 0 bridgehead atoms. The summed E-state index contributed by atoms with van der Waals surface area (Å²) >= 11 is 3.48. The van der Waals surface area contributed by atoms with Gasteiger partial charge in [0.1, 0.15) is 0 Å². The Kier molecular flexibility index (Phi) is 5.20. The van der Waals surface area contributed by atoms with Gasteiger partial charge in [0.25, 0.3) is 5.56 Å². The fourth-order valence-electron chi connectivity index (χ4n) is 3.98. The molecular formula is C23H24BrNO2. The highest BCUT2D eigenvalue weighted by Gasteiger charge is 2.27. The van der Waals surface area contributed by atoms with E-state index in [1.165, 1.54) is 24.0 Å². The first kappa shape index (κ1) is 18.5. The van der Waals surface area contributed by atoms with Crippen molar-refractivity contribution in [1.82, 2.24) is 4.57 Å². The number of fused-ring (bicyclic) bond motifs is 1. The van der Waals surface area contributed by atoms with Crippen molar-refractivity contribution in [2.75, 3.05) is 0 Å². The van der Waals surface area contributed by atoms with Gasteiger partial charge in [-0.05, 0) is 60.6 Å². The predicted octanol–water partition coefficient (Wildman–Crippen LogP) is 3.56. The first-order chi connectivity index (χ1) is 13.1. The fraction of sp³-hybridized carbons (Fsp3) is 0.348. The Morgan fingerprint density at radius 1 is 1.26 bits per heavy atom. The minimum absolute atomic E-state index is 0.0237. The normalized spacial score (nSPS) is 16.4. The number of benzene rings is 1. The van der Waals surface area contributed by atoms with Gasteiger partial charge < -0.3 is 5.11 Å². The summed E-state index contributed by atoms with van der Waals surface area (Å²) in [7, 11) is 0. The van der Waals surface area contributed by atoms with Crippen LogP contribution in [0.2, 0.25) is 0 Å². The van der Waals surface area contributed by atoms with Crippen LogP contribution in [0.1, 0.15) is 44.6 Å². The maximum Gasteiger partial charge on any atom is 0.262 e. The SMILES string of the molecule is CCCC1=C(C2CC2)C=c2ccn(-c3cccc(Br)c3CO)c(=O)c2=CC1. The molecule has 3 nitrogen and oxygen atoms in total. The lowest BCUT2D eigenvalue weighted by Gasteiger charge is -2.12. The minimum Gasteiger partial charge on any atom is -0.392 e. The van der Waals surface area contributed by atoms with E-state index >= 15 is 0 Å². The molecule has 27 heavy (non-hydrogen) atoms. The minimum atomic E-state index is -0.121. The molecule has 0 radical (unpaired) electrons. The summed E-state index contributed by atoms with van der Waals surface area (Å²) in [6, 6.07) is 7.68. The maximum absolute atomic E-state index is 13.3. The third-order valence-electron chi connectivity index (χ3n) is 5.52. The van der Waals surface area contributed by atoms with Crippen molar-refractivity contribution in [3.63, 3.8) is 0 Å². The molecule has 1 fully saturated rings. The lowest BCUT2D eigenvalue weighted by Crippen LogP contribution is -2.44. The maximum atomic E-state index is 13.3. The van der Waals surface area contributed by atoms with Gasteiger partial charge in [0.2, 0.25) is 0 Å². The lowest BCUT2D eigenvalue weighted by atomic mass is 9.97. The summed E-state index contributed by atoms with van der Waals surface area (Å²) in [5.74, 6) is 0.680. The predicted molar refractivity (Wildman–Crippen MR) is 113 cm³/mol. The van der Waals surface area contributed by atoms with Crippen LogP contribution in [0.25, 0.3) is 17.8 Å². The van der Waals surface area contributed by atoms with Gasteiger partial charge in [-0.2, -0.15) is 0 Å². The van der Waals surface area contributed by atoms with Crippen molar-refractivity contribution in [3.05, 3.63) is 72.4 Å². The van der Waals surface area contributed by atoms with Gasteiger partial charge >= 0.3 is 0 Å². The Hall–Kier alpha value is -1.91. The van der Waals surface area contributed by atoms with E-state index in [1.54, 1.807) is 4.57 Å². The molecule has 0 unspecified atom stereocenters. The summed E-state index contributed by atoms with van der Waals surface area (Å²) in [5, 5.41) is 11.6. The van der Waals surface area contributed by atoms with Gasteiger partial charge in [-0.25, -0.2) is 0 Å². The molecule has 1 N–H and O–H groups in total. The Bertz CT molecular complexity index is 1090. The molecule has 1 heterocycles. The molecule has 4 rings (SSSR count). The molecule has 0 aliphatic heterocycles. The Balaban J connectivity index is 1.90. The van der Waals surface area contributed by atoms with Gasteiger partial charge in [0.15, 0.2) is 0 Å². The van der Waals surface area contributed by atoms with Gasteiger partial charge in [0, 0.05) is 21.5 Å². The number of hydrogen-bond acceptors (Lipinski definition) is 2. The standard InChI is InChI=1S/C23H24BrNO2/c1-2-4-15-9-10-18-17(13-19(15)16-7-8-16)11-12-25(23(18)27)22-6-3-5-21(24)20(22)14-26/h3,5-6,10-13,16,26H,2,4,7-9,14H2,1H3. The van der Waals surface area contributed by atoms with Crippen molar-refractivity contribution in [3.8, 4) is 5.69 Å². The van der Waals surface area contributed by atoms with E-state index in [2.05, 4.69) is 35.0 Å². The van der Waals surface area contributed by atoms with Crippen molar-refractivity contribution in [1.29, 1.82) is 0 Å². The fourth-order valence-corrected chi connectivity index (χ4v) is 4.46.